The largest absolute Gasteiger partial charge is 0.484 e. The van der Waals surface area contributed by atoms with E-state index in [1.807, 2.05) is 13.0 Å². The fraction of sp³-hybridized carbons (Fsp3) is 0.118. The van der Waals surface area contributed by atoms with Crippen molar-refractivity contribution in [2.75, 3.05) is 6.61 Å². The number of hydrazine groups is 1. The quantitative estimate of drug-likeness (QED) is 0.563. The first-order valence-corrected chi connectivity index (χ1v) is 8.08. The number of hydrogen-bond donors (Lipinski definition) is 3. The number of aryl methyl sites for hydroxylation is 1. The summed E-state index contributed by atoms with van der Waals surface area (Å²) >= 11 is 10.7. The van der Waals surface area contributed by atoms with Gasteiger partial charge in [0.2, 0.25) is 0 Å². The van der Waals surface area contributed by atoms with Crippen LogP contribution in [0.2, 0.25) is 5.02 Å². The van der Waals surface area contributed by atoms with Crippen LogP contribution < -0.4 is 20.9 Å². The summed E-state index contributed by atoms with van der Waals surface area (Å²) in [5.41, 5.74) is 6.32. The third-order valence-corrected chi connectivity index (χ3v) is 3.46. The van der Waals surface area contributed by atoms with Gasteiger partial charge in [-0.1, -0.05) is 29.3 Å². The molecule has 2 amide bonds. The molecule has 25 heavy (non-hydrogen) atoms. The van der Waals surface area contributed by atoms with Crippen LogP contribution in [0.15, 0.2) is 48.5 Å². The van der Waals surface area contributed by atoms with Crippen molar-refractivity contribution in [3.05, 3.63) is 64.7 Å². The number of carbonyl (C=O) groups is 2. The van der Waals surface area contributed by atoms with E-state index >= 15 is 0 Å². The maximum Gasteiger partial charge on any atom is 0.269 e. The lowest BCUT2D eigenvalue weighted by Gasteiger charge is -2.11. The van der Waals surface area contributed by atoms with E-state index < -0.39 is 5.91 Å². The summed E-state index contributed by atoms with van der Waals surface area (Å²) in [6.07, 6.45) is 0. The topological polar surface area (TPSA) is 79.5 Å². The van der Waals surface area contributed by atoms with Crippen LogP contribution in [0.25, 0.3) is 0 Å². The number of ether oxygens (including phenoxy) is 1. The van der Waals surface area contributed by atoms with Gasteiger partial charge in [-0.3, -0.25) is 25.8 Å². The van der Waals surface area contributed by atoms with Gasteiger partial charge in [0, 0.05) is 10.6 Å². The van der Waals surface area contributed by atoms with E-state index in [-0.39, 0.29) is 17.6 Å². The van der Waals surface area contributed by atoms with Gasteiger partial charge in [0.15, 0.2) is 11.7 Å². The molecule has 3 N–H and O–H groups in total. The van der Waals surface area contributed by atoms with Crippen LogP contribution in [0, 0.1) is 6.92 Å². The van der Waals surface area contributed by atoms with Gasteiger partial charge in [-0.2, -0.15) is 0 Å². The van der Waals surface area contributed by atoms with Crippen LogP contribution in [0.4, 0.5) is 0 Å². The molecule has 0 fully saturated rings. The lowest BCUT2D eigenvalue weighted by molar-refractivity contribution is -0.121. The minimum atomic E-state index is -0.461. The molecule has 0 unspecified atom stereocenters. The van der Waals surface area contributed by atoms with E-state index in [1.54, 1.807) is 42.5 Å². The summed E-state index contributed by atoms with van der Waals surface area (Å²) in [5, 5.41) is 2.93. The van der Waals surface area contributed by atoms with Crippen molar-refractivity contribution in [3.8, 4) is 5.75 Å². The lowest BCUT2D eigenvalue weighted by atomic mass is 10.1. The summed E-state index contributed by atoms with van der Waals surface area (Å²) in [6, 6.07) is 13.7. The van der Waals surface area contributed by atoms with Crippen molar-refractivity contribution in [1.29, 1.82) is 0 Å². The zero-order chi connectivity index (χ0) is 18.2. The average molecular weight is 378 g/mol. The van der Waals surface area contributed by atoms with Gasteiger partial charge < -0.3 is 4.74 Å². The highest BCUT2D eigenvalue weighted by atomic mass is 35.5. The zero-order valence-corrected chi connectivity index (χ0v) is 14.9. The minimum absolute atomic E-state index is 0.0364. The second kappa shape index (κ2) is 9.00. The van der Waals surface area contributed by atoms with E-state index in [0.29, 0.717) is 16.3 Å². The first-order chi connectivity index (χ1) is 11.9. The molecule has 2 aromatic carbocycles. The summed E-state index contributed by atoms with van der Waals surface area (Å²) in [5.74, 6) is -0.318. The predicted molar refractivity (Wildman–Crippen MR) is 99.5 cm³/mol. The lowest BCUT2D eigenvalue weighted by Crippen LogP contribution is -2.49. The predicted octanol–water partition coefficient (Wildman–Crippen LogP) is 2.36. The van der Waals surface area contributed by atoms with Crippen LogP contribution in [0.1, 0.15) is 15.9 Å². The number of thiocarbonyl (C=S) groups is 1. The molecule has 0 saturated heterocycles. The Morgan fingerprint density at radius 2 is 1.84 bits per heavy atom. The molecule has 0 aliphatic carbocycles. The second-order valence-corrected chi connectivity index (χ2v) is 5.91. The summed E-state index contributed by atoms with van der Waals surface area (Å²) < 4.78 is 5.29. The molecule has 0 radical (unpaired) electrons. The standard InChI is InChI=1S/C17H16ClN3O3S/c1-11-3-2-4-12(9-11)16(23)20-21-17(25)19-15(22)10-24-14-7-5-13(18)6-8-14/h2-9H,10H2,1H3,(H,20,23)(H2,19,21,22,25). The Kier molecular flexibility index (Phi) is 6.73. The minimum Gasteiger partial charge on any atom is -0.484 e. The molecule has 0 saturated carbocycles. The van der Waals surface area contributed by atoms with Gasteiger partial charge in [0.25, 0.3) is 11.8 Å². The van der Waals surface area contributed by atoms with Crippen molar-refractivity contribution in [1.82, 2.24) is 16.2 Å². The molecule has 6 nitrogen and oxygen atoms in total. The van der Waals surface area contributed by atoms with Gasteiger partial charge in [-0.25, -0.2) is 0 Å². The molecule has 0 spiro atoms. The first-order valence-electron chi connectivity index (χ1n) is 7.29. The Balaban J connectivity index is 1.73. The fourth-order valence-electron chi connectivity index (χ4n) is 1.85. The Hall–Kier alpha value is -2.64. The molecule has 8 heteroatoms. The SMILES string of the molecule is Cc1cccc(C(=O)NNC(=S)NC(=O)COc2ccc(Cl)cc2)c1. The Bertz CT molecular complexity index is 781. The first kappa shape index (κ1) is 18.7. The number of hydrogen-bond acceptors (Lipinski definition) is 4. The highest BCUT2D eigenvalue weighted by Crippen LogP contribution is 2.15. The number of rotatable bonds is 4. The maximum absolute atomic E-state index is 11.9. The van der Waals surface area contributed by atoms with Gasteiger partial charge in [-0.15, -0.1) is 0 Å². The number of benzene rings is 2. The maximum atomic E-state index is 11.9. The summed E-state index contributed by atoms with van der Waals surface area (Å²) in [6.45, 7) is 1.66. The Labute approximate surface area is 155 Å². The normalized spacial score (nSPS) is 9.84. The van der Waals surface area contributed by atoms with E-state index in [2.05, 4.69) is 16.2 Å². The van der Waals surface area contributed by atoms with E-state index in [1.165, 1.54) is 0 Å². The number of carbonyl (C=O) groups excluding carboxylic acids is 2. The van der Waals surface area contributed by atoms with E-state index in [9.17, 15) is 9.59 Å². The molecule has 0 bridgehead atoms. The van der Waals surface area contributed by atoms with Gasteiger partial charge in [0.05, 0.1) is 0 Å². The Morgan fingerprint density at radius 1 is 1.12 bits per heavy atom. The molecular formula is C17H16ClN3O3S. The summed E-state index contributed by atoms with van der Waals surface area (Å²) in [7, 11) is 0. The molecule has 0 atom stereocenters. The zero-order valence-electron chi connectivity index (χ0n) is 13.3. The molecule has 2 aromatic rings. The van der Waals surface area contributed by atoms with E-state index in [0.717, 1.165) is 5.56 Å². The molecule has 2 rings (SSSR count). The smallest absolute Gasteiger partial charge is 0.269 e. The average Bonchev–Trinajstić information content (AvgIpc) is 2.59. The van der Waals surface area contributed by atoms with Crippen molar-refractivity contribution >= 4 is 40.7 Å². The molecule has 0 aliphatic rings. The van der Waals surface area contributed by atoms with Crippen LogP contribution in [-0.2, 0) is 4.79 Å². The summed E-state index contributed by atoms with van der Waals surface area (Å²) in [4.78, 5) is 23.7. The van der Waals surface area contributed by atoms with Gasteiger partial charge >= 0.3 is 0 Å². The highest BCUT2D eigenvalue weighted by molar-refractivity contribution is 7.80. The Morgan fingerprint density at radius 3 is 2.52 bits per heavy atom. The molecule has 130 valence electrons. The number of nitrogens with one attached hydrogen (secondary N) is 3. The van der Waals surface area contributed by atoms with Crippen molar-refractivity contribution in [3.63, 3.8) is 0 Å². The number of amides is 2. The third kappa shape index (κ3) is 6.40. The molecular weight excluding hydrogens is 362 g/mol. The molecule has 0 aromatic heterocycles. The second-order valence-electron chi connectivity index (χ2n) is 5.07. The number of halogens is 1. The monoisotopic (exact) mass is 377 g/mol. The molecule has 0 heterocycles. The van der Waals surface area contributed by atoms with Crippen LogP contribution in [0.5, 0.6) is 5.75 Å². The van der Waals surface area contributed by atoms with E-state index in [4.69, 9.17) is 28.6 Å². The van der Waals surface area contributed by atoms with Crippen LogP contribution >= 0.6 is 23.8 Å². The highest BCUT2D eigenvalue weighted by Gasteiger charge is 2.08. The third-order valence-electron chi connectivity index (χ3n) is 3.01. The van der Waals surface area contributed by atoms with Gasteiger partial charge in [-0.05, 0) is 55.5 Å². The van der Waals surface area contributed by atoms with Crippen molar-refractivity contribution < 1.29 is 14.3 Å². The van der Waals surface area contributed by atoms with Crippen molar-refractivity contribution in [2.24, 2.45) is 0 Å². The fourth-order valence-corrected chi connectivity index (χ4v) is 2.14. The van der Waals surface area contributed by atoms with Gasteiger partial charge in [0.1, 0.15) is 5.75 Å². The molecule has 0 aliphatic heterocycles. The van der Waals surface area contributed by atoms with Crippen molar-refractivity contribution in [2.45, 2.75) is 6.92 Å². The van der Waals surface area contributed by atoms with Crippen LogP contribution in [0.3, 0.4) is 0 Å². The van der Waals surface area contributed by atoms with Crippen LogP contribution in [-0.4, -0.2) is 23.5 Å².